The predicted octanol–water partition coefficient (Wildman–Crippen LogP) is 2.15. The number of hydrogen-bond acceptors (Lipinski definition) is 3. The summed E-state index contributed by atoms with van der Waals surface area (Å²) in [5.41, 5.74) is 0.0776. The molecule has 0 aliphatic rings. The van der Waals surface area contributed by atoms with Gasteiger partial charge in [0.25, 0.3) is 0 Å². The van der Waals surface area contributed by atoms with Crippen molar-refractivity contribution >= 4 is 15.9 Å². The van der Waals surface area contributed by atoms with Crippen LogP contribution in [0.2, 0.25) is 0 Å². The van der Waals surface area contributed by atoms with Gasteiger partial charge in [-0.25, -0.2) is 22.0 Å². The lowest BCUT2D eigenvalue weighted by Gasteiger charge is -2.18. The molecule has 1 aromatic rings. The molecule has 0 saturated carbocycles. The van der Waals surface area contributed by atoms with Crippen molar-refractivity contribution in [2.75, 3.05) is 18.6 Å². The first-order valence-electron chi connectivity index (χ1n) is 6.90. The smallest absolute Gasteiger partial charge is 0.315 e. The van der Waals surface area contributed by atoms with Gasteiger partial charge in [-0.05, 0) is 31.0 Å². The van der Waals surface area contributed by atoms with Crippen molar-refractivity contribution < 1.29 is 22.0 Å². The summed E-state index contributed by atoms with van der Waals surface area (Å²) in [6.07, 6.45) is 1.79. The van der Waals surface area contributed by atoms with Crippen LogP contribution in [0.3, 0.4) is 0 Å². The van der Waals surface area contributed by atoms with E-state index < -0.39 is 33.5 Å². The third-order valence-electron chi connectivity index (χ3n) is 3.02. The minimum atomic E-state index is -3.07. The van der Waals surface area contributed by atoms with Crippen LogP contribution in [0.5, 0.6) is 0 Å². The molecule has 5 nitrogen and oxygen atoms in total. The number of carbonyl (C=O) groups is 1. The maximum atomic E-state index is 13.7. The largest absolute Gasteiger partial charge is 0.338 e. The Hall–Kier alpha value is -1.70. The molecule has 22 heavy (non-hydrogen) atoms. The molecule has 0 aliphatic heterocycles. The molecule has 1 aromatic carbocycles. The van der Waals surface area contributed by atoms with Crippen molar-refractivity contribution in [3.05, 3.63) is 35.4 Å². The third kappa shape index (κ3) is 6.38. The predicted molar refractivity (Wildman–Crippen MR) is 80.3 cm³/mol. The van der Waals surface area contributed by atoms with Crippen LogP contribution in [0.1, 0.15) is 31.4 Å². The van der Waals surface area contributed by atoms with E-state index in [0.29, 0.717) is 6.42 Å². The molecule has 8 heteroatoms. The zero-order valence-electron chi connectivity index (χ0n) is 12.5. The van der Waals surface area contributed by atoms with Gasteiger partial charge in [-0.1, -0.05) is 6.92 Å². The van der Waals surface area contributed by atoms with Crippen molar-refractivity contribution in [3.8, 4) is 0 Å². The van der Waals surface area contributed by atoms with Gasteiger partial charge in [0.1, 0.15) is 21.5 Å². The van der Waals surface area contributed by atoms with Gasteiger partial charge in [-0.2, -0.15) is 0 Å². The molecule has 2 N–H and O–H groups in total. The van der Waals surface area contributed by atoms with Crippen molar-refractivity contribution in [1.82, 2.24) is 10.6 Å². The number of urea groups is 1. The number of nitrogens with one attached hydrogen (secondary N) is 2. The Morgan fingerprint density at radius 3 is 2.59 bits per heavy atom. The van der Waals surface area contributed by atoms with Gasteiger partial charge in [0, 0.05) is 18.4 Å². The summed E-state index contributed by atoms with van der Waals surface area (Å²) in [7, 11) is -3.07. The fourth-order valence-corrected chi connectivity index (χ4v) is 2.60. The molecule has 1 atom stereocenters. The Bertz CT molecular complexity index is 621. The summed E-state index contributed by atoms with van der Waals surface area (Å²) in [5.74, 6) is -1.20. The lowest BCUT2D eigenvalue weighted by Crippen LogP contribution is -2.38. The van der Waals surface area contributed by atoms with Gasteiger partial charge in [-0.3, -0.25) is 0 Å². The Kier molecular flexibility index (Phi) is 6.73. The second-order valence-corrected chi connectivity index (χ2v) is 7.27. The number of carbonyl (C=O) groups excluding carboxylic acids is 1. The monoisotopic (exact) mass is 334 g/mol. The van der Waals surface area contributed by atoms with Crippen molar-refractivity contribution in [2.24, 2.45) is 0 Å². The van der Waals surface area contributed by atoms with Crippen molar-refractivity contribution in [2.45, 2.75) is 25.8 Å². The summed E-state index contributed by atoms with van der Waals surface area (Å²) in [4.78, 5) is 11.7. The second-order valence-electron chi connectivity index (χ2n) is 5.01. The van der Waals surface area contributed by atoms with E-state index in [-0.39, 0.29) is 24.3 Å². The SMILES string of the molecule is CCC(NC(=O)NCCCS(C)(=O)=O)c1cc(F)ccc1F. The first-order chi connectivity index (χ1) is 10.2. The molecule has 0 spiro atoms. The van der Waals surface area contributed by atoms with E-state index in [9.17, 15) is 22.0 Å². The zero-order chi connectivity index (χ0) is 16.8. The maximum Gasteiger partial charge on any atom is 0.315 e. The highest BCUT2D eigenvalue weighted by Crippen LogP contribution is 2.20. The van der Waals surface area contributed by atoms with Gasteiger partial charge in [-0.15, -0.1) is 0 Å². The minimum absolute atomic E-state index is 0.0248. The molecule has 0 saturated heterocycles. The normalized spacial score (nSPS) is 12.7. The molecule has 0 radical (unpaired) electrons. The number of sulfone groups is 1. The van der Waals surface area contributed by atoms with E-state index >= 15 is 0 Å². The minimum Gasteiger partial charge on any atom is -0.338 e. The van der Waals surface area contributed by atoms with Crippen LogP contribution in [0.15, 0.2) is 18.2 Å². The number of hydrogen-bond donors (Lipinski definition) is 2. The maximum absolute atomic E-state index is 13.7. The molecule has 0 aromatic heterocycles. The van der Waals surface area contributed by atoms with Gasteiger partial charge < -0.3 is 10.6 Å². The van der Waals surface area contributed by atoms with E-state index in [1.54, 1.807) is 6.92 Å². The van der Waals surface area contributed by atoms with E-state index in [1.165, 1.54) is 0 Å². The van der Waals surface area contributed by atoms with Gasteiger partial charge in [0.05, 0.1) is 11.8 Å². The number of rotatable bonds is 7. The fourth-order valence-electron chi connectivity index (χ4n) is 1.93. The molecule has 2 amide bonds. The quantitative estimate of drug-likeness (QED) is 0.750. The van der Waals surface area contributed by atoms with E-state index in [2.05, 4.69) is 10.6 Å². The highest BCUT2D eigenvalue weighted by molar-refractivity contribution is 7.90. The summed E-state index contributed by atoms with van der Waals surface area (Å²) in [6, 6.07) is 1.86. The molecule has 124 valence electrons. The Balaban J connectivity index is 2.55. The van der Waals surface area contributed by atoms with E-state index in [1.807, 2.05) is 0 Å². The Morgan fingerprint density at radius 1 is 1.32 bits per heavy atom. The lowest BCUT2D eigenvalue weighted by atomic mass is 10.0. The first-order valence-corrected chi connectivity index (χ1v) is 8.96. The van der Waals surface area contributed by atoms with Crippen molar-refractivity contribution in [3.63, 3.8) is 0 Å². The summed E-state index contributed by atoms with van der Waals surface area (Å²) >= 11 is 0. The molecule has 0 aliphatic carbocycles. The molecule has 1 rings (SSSR count). The van der Waals surface area contributed by atoms with Crippen LogP contribution in [0.25, 0.3) is 0 Å². The van der Waals surface area contributed by atoms with E-state index in [4.69, 9.17) is 0 Å². The molecule has 1 unspecified atom stereocenters. The molecular weight excluding hydrogens is 314 g/mol. The summed E-state index contributed by atoms with van der Waals surface area (Å²) in [6.45, 7) is 1.92. The van der Waals surface area contributed by atoms with Crippen LogP contribution < -0.4 is 10.6 Å². The standard InChI is InChI=1S/C14H20F2N2O3S/c1-3-13(11-9-10(15)5-6-12(11)16)18-14(19)17-7-4-8-22(2,20)21/h5-6,9,13H,3-4,7-8H2,1-2H3,(H2,17,18,19). The average Bonchev–Trinajstić information content (AvgIpc) is 2.43. The molecule has 0 fully saturated rings. The van der Waals surface area contributed by atoms with Crippen LogP contribution in [-0.4, -0.2) is 33.0 Å². The molecular formula is C14H20F2N2O3S. The van der Waals surface area contributed by atoms with E-state index in [0.717, 1.165) is 24.5 Å². The van der Waals surface area contributed by atoms with Gasteiger partial charge in [0.15, 0.2) is 0 Å². The number of benzene rings is 1. The molecule has 0 bridgehead atoms. The van der Waals surface area contributed by atoms with Crippen LogP contribution in [0, 0.1) is 11.6 Å². The lowest BCUT2D eigenvalue weighted by molar-refractivity contribution is 0.236. The first kappa shape index (κ1) is 18.3. The average molecular weight is 334 g/mol. The van der Waals surface area contributed by atoms with Crippen LogP contribution in [0.4, 0.5) is 13.6 Å². The summed E-state index contributed by atoms with van der Waals surface area (Å²) in [5, 5.41) is 5.04. The number of amides is 2. The topological polar surface area (TPSA) is 75.3 Å². The fraction of sp³-hybridized carbons (Fsp3) is 0.500. The third-order valence-corrected chi connectivity index (χ3v) is 4.05. The second kappa shape index (κ2) is 8.07. The van der Waals surface area contributed by atoms with Gasteiger partial charge in [0.2, 0.25) is 0 Å². The van der Waals surface area contributed by atoms with Gasteiger partial charge >= 0.3 is 6.03 Å². The Morgan fingerprint density at radius 2 is 2.00 bits per heavy atom. The molecule has 0 heterocycles. The highest BCUT2D eigenvalue weighted by Gasteiger charge is 2.17. The Labute approximate surface area is 129 Å². The summed E-state index contributed by atoms with van der Waals surface area (Å²) < 4.78 is 48.8. The number of halogens is 2. The zero-order valence-corrected chi connectivity index (χ0v) is 13.3. The van der Waals surface area contributed by atoms with Crippen LogP contribution in [-0.2, 0) is 9.84 Å². The van der Waals surface area contributed by atoms with Crippen molar-refractivity contribution in [1.29, 1.82) is 0 Å². The highest BCUT2D eigenvalue weighted by atomic mass is 32.2. The van der Waals surface area contributed by atoms with Crippen LogP contribution >= 0.6 is 0 Å².